The van der Waals surface area contributed by atoms with Gasteiger partial charge in [0.15, 0.2) is 0 Å². The van der Waals surface area contributed by atoms with Gasteiger partial charge in [0, 0.05) is 65.4 Å². The predicted molar refractivity (Wildman–Crippen MR) is 136 cm³/mol. The van der Waals surface area contributed by atoms with Gasteiger partial charge in [-0.15, -0.1) is 11.3 Å². The van der Waals surface area contributed by atoms with E-state index < -0.39 is 0 Å². The lowest BCUT2D eigenvalue weighted by Crippen LogP contribution is -2.42. The van der Waals surface area contributed by atoms with Crippen molar-refractivity contribution in [2.45, 2.75) is 32.0 Å². The van der Waals surface area contributed by atoms with Crippen LogP contribution in [0.15, 0.2) is 79.1 Å². The molecule has 1 amide bonds. The van der Waals surface area contributed by atoms with E-state index in [9.17, 15) is 4.79 Å². The zero-order valence-corrected chi connectivity index (χ0v) is 19.4. The number of fused-ring (bicyclic) bond motifs is 1. The number of piperidine rings is 1. The number of amides is 1. The number of anilines is 1. The lowest BCUT2D eigenvalue weighted by Gasteiger charge is -2.34. The predicted octanol–water partition coefficient (Wildman–Crippen LogP) is 4.98. The first-order chi connectivity index (χ1) is 16.2. The maximum Gasteiger partial charge on any atom is 0.251 e. The van der Waals surface area contributed by atoms with Gasteiger partial charge in [-0.1, -0.05) is 24.3 Å². The van der Waals surface area contributed by atoms with Crippen molar-refractivity contribution < 1.29 is 4.79 Å². The molecular weight excluding hydrogens is 428 g/mol. The van der Waals surface area contributed by atoms with E-state index in [1.54, 1.807) is 12.4 Å². The summed E-state index contributed by atoms with van der Waals surface area (Å²) in [5, 5.41) is 8.04. The van der Waals surface area contributed by atoms with Crippen LogP contribution in [0.4, 0.5) is 5.69 Å². The molecule has 168 valence electrons. The molecule has 0 bridgehead atoms. The normalized spacial score (nSPS) is 14.5. The van der Waals surface area contributed by atoms with Crippen LogP contribution >= 0.6 is 11.3 Å². The number of hydrogen-bond donors (Lipinski definition) is 2. The van der Waals surface area contributed by atoms with Crippen LogP contribution in [0.5, 0.6) is 0 Å². The Morgan fingerprint density at radius 3 is 2.58 bits per heavy atom. The van der Waals surface area contributed by atoms with Gasteiger partial charge in [-0.25, -0.2) is 0 Å². The maximum absolute atomic E-state index is 12.4. The topological polar surface area (TPSA) is 57.3 Å². The molecule has 0 atom stereocenters. The summed E-state index contributed by atoms with van der Waals surface area (Å²) in [5.74, 6) is -0.0606. The summed E-state index contributed by atoms with van der Waals surface area (Å²) < 4.78 is 1.36. The fraction of sp³-hybridized carbons (Fsp3) is 0.259. The molecule has 1 fully saturated rings. The van der Waals surface area contributed by atoms with E-state index >= 15 is 0 Å². The van der Waals surface area contributed by atoms with Crippen molar-refractivity contribution in [2.24, 2.45) is 0 Å². The molecule has 3 heterocycles. The fourth-order valence-corrected chi connectivity index (χ4v) is 5.34. The first-order valence-corrected chi connectivity index (χ1v) is 12.3. The van der Waals surface area contributed by atoms with Crippen LogP contribution in [0, 0.1) is 0 Å². The third kappa shape index (κ3) is 5.41. The average Bonchev–Trinajstić information content (AvgIpc) is 3.30. The largest absolute Gasteiger partial charge is 0.371 e. The standard InChI is InChI=1S/C27H28N4OS/c32-27(30-18-20-4-3-13-28-17-20)21-7-9-24(10-8-21)31-14-11-23(12-15-31)29-19-25-16-22-5-1-2-6-26(22)33-25/h1-10,13,16-17,23,29H,11-12,14-15,18-19H2,(H,30,32). The van der Waals surface area contributed by atoms with Gasteiger partial charge in [-0.3, -0.25) is 9.78 Å². The number of benzene rings is 2. The molecule has 1 aliphatic heterocycles. The number of nitrogens with one attached hydrogen (secondary N) is 2. The van der Waals surface area contributed by atoms with Gasteiger partial charge in [0.05, 0.1) is 0 Å². The Kier molecular flexibility index (Phi) is 6.65. The highest BCUT2D eigenvalue weighted by atomic mass is 32.1. The number of pyridine rings is 1. The van der Waals surface area contributed by atoms with E-state index in [-0.39, 0.29) is 5.91 Å². The first kappa shape index (κ1) is 21.6. The van der Waals surface area contributed by atoms with Crippen LogP contribution in [0.25, 0.3) is 10.1 Å². The Bertz CT molecular complexity index is 1160. The number of carbonyl (C=O) groups excluding carboxylic acids is 1. The van der Waals surface area contributed by atoms with E-state index in [4.69, 9.17) is 0 Å². The summed E-state index contributed by atoms with van der Waals surface area (Å²) >= 11 is 1.88. The van der Waals surface area contributed by atoms with E-state index in [1.165, 1.54) is 20.7 Å². The highest BCUT2D eigenvalue weighted by Gasteiger charge is 2.19. The minimum absolute atomic E-state index is 0.0606. The molecule has 0 radical (unpaired) electrons. The minimum atomic E-state index is -0.0606. The second-order valence-electron chi connectivity index (χ2n) is 8.48. The Labute approximate surface area is 198 Å². The highest BCUT2D eigenvalue weighted by Crippen LogP contribution is 2.26. The second kappa shape index (κ2) is 10.1. The number of nitrogens with zero attached hydrogens (tertiary/aromatic N) is 2. The summed E-state index contributed by atoms with van der Waals surface area (Å²) in [6, 6.07) is 23.2. The summed E-state index contributed by atoms with van der Waals surface area (Å²) in [6.45, 7) is 3.47. The molecule has 5 rings (SSSR count). The number of hydrogen-bond acceptors (Lipinski definition) is 5. The van der Waals surface area contributed by atoms with Crippen molar-refractivity contribution in [3.8, 4) is 0 Å². The zero-order valence-electron chi connectivity index (χ0n) is 18.5. The number of carbonyl (C=O) groups is 1. The van der Waals surface area contributed by atoms with Crippen molar-refractivity contribution in [1.82, 2.24) is 15.6 Å². The molecule has 33 heavy (non-hydrogen) atoms. The molecule has 1 saturated heterocycles. The second-order valence-corrected chi connectivity index (χ2v) is 9.65. The molecule has 0 spiro atoms. The minimum Gasteiger partial charge on any atom is -0.371 e. The summed E-state index contributed by atoms with van der Waals surface area (Å²) in [4.78, 5) is 20.3. The quantitative estimate of drug-likeness (QED) is 0.412. The molecule has 0 saturated carbocycles. The van der Waals surface area contributed by atoms with Gasteiger partial charge in [0.1, 0.15) is 0 Å². The van der Waals surface area contributed by atoms with Gasteiger partial charge in [0.2, 0.25) is 0 Å². The van der Waals surface area contributed by atoms with Crippen molar-refractivity contribution in [3.63, 3.8) is 0 Å². The molecule has 5 nitrogen and oxygen atoms in total. The van der Waals surface area contributed by atoms with Crippen LogP contribution < -0.4 is 15.5 Å². The molecule has 6 heteroatoms. The Morgan fingerprint density at radius 2 is 1.82 bits per heavy atom. The summed E-state index contributed by atoms with van der Waals surface area (Å²) in [7, 11) is 0. The molecule has 1 aliphatic rings. The van der Waals surface area contributed by atoms with E-state index in [2.05, 4.69) is 63.0 Å². The van der Waals surface area contributed by atoms with E-state index in [1.807, 2.05) is 35.6 Å². The summed E-state index contributed by atoms with van der Waals surface area (Å²) in [6.07, 6.45) is 5.75. The third-order valence-electron chi connectivity index (χ3n) is 6.21. The molecule has 2 aromatic carbocycles. The molecule has 4 aromatic rings. The number of aromatic nitrogens is 1. The van der Waals surface area contributed by atoms with Crippen LogP contribution in [0.3, 0.4) is 0 Å². The monoisotopic (exact) mass is 456 g/mol. The molecule has 0 unspecified atom stereocenters. The fourth-order valence-electron chi connectivity index (χ4n) is 4.32. The van der Waals surface area contributed by atoms with E-state index in [0.717, 1.165) is 38.0 Å². The van der Waals surface area contributed by atoms with Crippen LogP contribution in [-0.4, -0.2) is 30.0 Å². The lowest BCUT2D eigenvalue weighted by molar-refractivity contribution is 0.0951. The molecule has 2 N–H and O–H groups in total. The smallest absolute Gasteiger partial charge is 0.251 e. The van der Waals surface area contributed by atoms with Crippen LogP contribution in [0.1, 0.15) is 33.6 Å². The molecule has 2 aromatic heterocycles. The zero-order chi connectivity index (χ0) is 22.5. The maximum atomic E-state index is 12.4. The first-order valence-electron chi connectivity index (χ1n) is 11.5. The Morgan fingerprint density at radius 1 is 1.00 bits per heavy atom. The van der Waals surface area contributed by atoms with Gasteiger partial charge in [0.25, 0.3) is 5.91 Å². The Balaban J connectivity index is 1.09. The van der Waals surface area contributed by atoms with E-state index in [0.29, 0.717) is 18.2 Å². The van der Waals surface area contributed by atoms with Crippen molar-refractivity contribution in [2.75, 3.05) is 18.0 Å². The third-order valence-corrected chi connectivity index (χ3v) is 7.32. The Hall–Kier alpha value is -3.22. The van der Waals surface area contributed by atoms with Gasteiger partial charge >= 0.3 is 0 Å². The van der Waals surface area contributed by atoms with Crippen molar-refractivity contribution in [3.05, 3.63) is 95.1 Å². The van der Waals surface area contributed by atoms with Gasteiger partial charge in [-0.2, -0.15) is 0 Å². The van der Waals surface area contributed by atoms with Gasteiger partial charge in [-0.05, 0) is 66.3 Å². The molecule has 0 aliphatic carbocycles. The average molecular weight is 457 g/mol. The lowest BCUT2D eigenvalue weighted by atomic mass is 10.0. The van der Waals surface area contributed by atoms with Crippen molar-refractivity contribution in [1.29, 1.82) is 0 Å². The number of thiophene rings is 1. The van der Waals surface area contributed by atoms with Crippen molar-refractivity contribution >= 4 is 33.0 Å². The van der Waals surface area contributed by atoms with Gasteiger partial charge < -0.3 is 15.5 Å². The highest BCUT2D eigenvalue weighted by molar-refractivity contribution is 7.19. The van der Waals surface area contributed by atoms with Crippen LogP contribution in [-0.2, 0) is 13.1 Å². The molecular formula is C27H28N4OS. The SMILES string of the molecule is O=C(NCc1cccnc1)c1ccc(N2CCC(NCc3cc4ccccc4s3)CC2)cc1. The number of rotatable bonds is 7. The summed E-state index contributed by atoms with van der Waals surface area (Å²) in [5.41, 5.74) is 2.86. The van der Waals surface area contributed by atoms with Crippen LogP contribution in [0.2, 0.25) is 0 Å².